The molecule has 0 saturated carbocycles. The van der Waals surface area contributed by atoms with Gasteiger partial charge in [-0.1, -0.05) is 12.1 Å². The zero-order valence-electron chi connectivity index (χ0n) is 11.4. The second-order valence-corrected chi connectivity index (χ2v) is 5.68. The molecule has 2 fully saturated rings. The van der Waals surface area contributed by atoms with Gasteiger partial charge in [0.2, 0.25) is 5.95 Å². The quantitative estimate of drug-likeness (QED) is 0.846. The van der Waals surface area contributed by atoms with Crippen LogP contribution in [0.3, 0.4) is 0 Å². The van der Waals surface area contributed by atoms with E-state index in [2.05, 4.69) is 19.8 Å². The standard InChI is InChI=1S/C15H18N4O/c20-14-12-5-1-2-6-13(12)16-15(17-14)19-9-8-18-7-3-4-11(18)10-19/h1-2,5-6,11H,3-4,7-10H2,(H,16,17,20)/t11-/m1/s1. The Kier molecular flexibility index (Phi) is 2.73. The molecule has 3 heterocycles. The maximum Gasteiger partial charge on any atom is 0.260 e. The molecule has 4 rings (SSSR count). The minimum absolute atomic E-state index is 0.0422. The molecule has 20 heavy (non-hydrogen) atoms. The van der Waals surface area contributed by atoms with Gasteiger partial charge in [-0.25, -0.2) is 4.98 Å². The highest BCUT2D eigenvalue weighted by Gasteiger charge is 2.31. The molecular formula is C15H18N4O. The number of hydrogen-bond acceptors (Lipinski definition) is 4. The van der Waals surface area contributed by atoms with Crippen molar-refractivity contribution < 1.29 is 0 Å². The number of aromatic amines is 1. The molecule has 5 heteroatoms. The van der Waals surface area contributed by atoms with Crippen molar-refractivity contribution in [1.82, 2.24) is 14.9 Å². The van der Waals surface area contributed by atoms with Gasteiger partial charge in [0.05, 0.1) is 10.9 Å². The van der Waals surface area contributed by atoms with E-state index in [1.807, 2.05) is 24.3 Å². The van der Waals surface area contributed by atoms with Gasteiger partial charge in [-0.3, -0.25) is 14.7 Å². The molecule has 0 spiro atoms. The summed E-state index contributed by atoms with van der Waals surface area (Å²) in [6.45, 7) is 4.21. The molecule has 2 aliphatic heterocycles. The van der Waals surface area contributed by atoms with E-state index in [0.29, 0.717) is 11.4 Å². The van der Waals surface area contributed by atoms with E-state index < -0.39 is 0 Å². The number of rotatable bonds is 1. The third kappa shape index (κ3) is 1.89. The summed E-state index contributed by atoms with van der Waals surface area (Å²) in [4.78, 5) is 24.5. The zero-order valence-corrected chi connectivity index (χ0v) is 11.4. The monoisotopic (exact) mass is 270 g/mol. The molecule has 2 saturated heterocycles. The highest BCUT2D eigenvalue weighted by atomic mass is 16.1. The molecule has 1 aromatic carbocycles. The molecule has 1 aromatic heterocycles. The van der Waals surface area contributed by atoms with Gasteiger partial charge in [-0.2, -0.15) is 0 Å². The molecule has 2 aliphatic rings. The Labute approximate surface area is 117 Å². The van der Waals surface area contributed by atoms with Crippen LogP contribution in [0.5, 0.6) is 0 Å². The Bertz CT molecular complexity index is 696. The molecule has 0 amide bonds. The average molecular weight is 270 g/mol. The van der Waals surface area contributed by atoms with E-state index in [-0.39, 0.29) is 5.56 Å². The highest BCUT2D eigenvalue weighted by Crippen LogP contribution is 2.23. The number of aromatic nitrogens is 2. The van der Waals surface area contributed by atoms with Gasteiger partial charge < -0.3 is 4.90 Å². The molecule has 1 atom stereocenters. The van der Waals surface area contributed by atoms with Crippen molar-refractivity contribution in [1.29, 1.82) is 0 Å². The van der Waals surface area contributed by atoms with Gasteiger partial charge in [-0.15, -0.1) is 0 Å². The van der Waals surface area contributed by atoms with Crippen LogP contribution in [0.15, 0.2) is 29.1 Å². The van der Waals surface area contributed by atoms with Crippen LogP contribution >= 0.6 is 0 Å². The predicted molar refractivity (Wildman–Crippen MR) is 79.2 cm³/mol. The molecule has 0 bridgehead atoms. The van der Waals surface area contributed by atoms with Crippen molar-refractivity contribution in [2.45, 2.75) is 18.9 Å². The number of H-pyrrole nitrogens is 1. The fourth-order valence-corrected chi connectivity index (χ4v) is 3.41. The summed E-state index contributed by atoms with van der Waals surface area (Å²) >= 11 is 0. The molecule has 0 radical (unpaired) electrons. The molecule has 0 aliphatic carbocycles. The smallest absolute Gasteiger partial charge is 0.260 e. The minimum atomic E-state index is -0.0422. The van der Waals surface area contributed by atoms with Gasteiger partial charge in [0.25, 0.3) is 5.56 Å². The Balaban J connectivity index is 1.70. The van der Waals surface area contributed by atoms with Gasteiger partial charge in [0.15, 0.2) is 0 Å². The summed E-state index contributed by atoms with van der Waals surface area (Å²) in [5, 5.41) is 0.663. The lowest BCUT2D eigenvalue weighted by molar-refractivity contribution is 0.229. The summed E-state index contributed by atoms with van der Waals surface area (Å²) in [5.74, 6) is 0.722. The van der Waals surface area contributed by atoms with Gasteiger partial charge in [-0.05, 0) is 31.5 Å². The van der Waals surface area contributed by atoms with Crippen LogP contribution in [0.1, 0.15) is 12.8 Å². The number of fused-ring (bicyclic) bond motifs is 2. The number of anilines is 1. The number of piperazine rings is 1. The average Bonchev–Trinajstić information content (AvgIpc) is 2.94. The van der Waals surface area contributed by atoms with Gasteiger partial charge in [0.1, 0.15) is 0 Å². The predicted octanol–water partition coefficient (Wildman–Crippen LogP) is 1.21. The first-order chi connectivity index (χ1) is 9.81. The number of para-hydroxylation sites is 1. The van der Waals surface area contributed by atoms with Crippen LogP contribution in [0, 0.1) is 0 Å². The Morgan fingerprint density at radius 3 is 3.05 bits per heavy atom. The summed E-state index contributed by atoms with van der Waals surface area (Å²) in [5.41, 5.74) is 0.736. The van der Waals surface area contributed by atoms with Crippen LogP contribution in [0.2, 0.25) is 0 Å². The van der Waals surface area contributed by atoms with Crippen molar-refractivity contribution in [2.24, 2.45) is 0 Å². The maximum atomic E-state index is 12.1. The first-order valence-electron chi connectivity index (χ1n) is 7.29. The summed E-state index contributed by atoms with van der Waals surface area (Å²) in [6.07, 6.45) is 2.55. The van der Waals surface area contributed by atoms with Gasteiger partial charge in [0, 0.05) is 25.7 Å². The number of hydrogen-bond donors (Lipinski definition) is 1. The van der Waals surface area contributed by atoms with Crippen molar-refractivity contribution in [2.75, 3.05) is 31.1 Å². The first kappa shape index (κ1) is 11.9. The van der Waals surface area contributed by atoms with Crippen LogP contribution < -0.4 is 10.5 Å². The molecule has 1 N–H and O–H groups in total. The second-order valence-electron chi connectivity index (χ2n) is 5.68. The summed E-state index contributed by atoms with van der Waals surface area (Å²) in [7, 11) is 0. The van der Waals surface area contributed by atoms with E-state index in [0.717, 1.165) is 31.1 Å². The van der Waals surface area contributed by atoms with E-state index in [9.17, 15) is 4.79 Å². The van der Waals surface area contributed by atoms with Crippen LogP contribution in [-0.4, -0.2) is 47.1 Å². The molecule has 104 valence electrons. The first-order valence-corrected chi connectivity index (χ1v) is 7.29. The molecule has 5 nitrogen and oxygen atoms in total. The number of nitrogens with one attached hydrogen (secondary N) is 1. The van der Waals surface area contributed by atoms with Crippen molar-refractivity contribution >= 4 is 16.9 Å². The van der Waals surface area contributed by atoms with Crippen molar-refractivity contribution in [3.05, 3.63) is 34.6 Å². The van der Waals surface area contributed by atoms with Crippen molar-refractivity contribution in [3.63, 3.8) is 0 Å². The lowest BCUT2D eigenvalue weighted by Crippen LogP contribution is -2.50. The normalized spacial score (nSPS) is 23.2. The van der Waals surface area contributed by atoms with Crippen LogP contribution in [0.25, 0.3) is 10.9 Å². The molecular weight excluding hydrogens is 252 g/mol. The van der Waals surface area contributed by atoms with E-state index >= 15 is 0 Å². The van der Waals surface area contributed by atoms with Crippen LogP contribution in [-0.2, 0) is 0 Å². The third-order valence-electron chi connectivity index (χ3n) is 4.49. The maximum absolute atomic E-state index is 12.1. The fourth-order valence-electron chi connectivity index (χ4n) is 3.41. The second kappa shape index (κ2) is 4.59. The summed E-state index contributed by atoms with van der Waals surface area (Å²) in [6, 6.07) is 8.14. The molecule has 2 aromatic rings. The number of nitrogens with zero attached hydrogens (tertiary/aromatic N) is 3. The summed E-state index contributed by atoms with van der Waals surface area (Å²) < 4.78 is 0. The lowest BCUT2D eigenvalue weighted by atomic mass is 10.1. The van der Waals surface area contributed by atoms with E-state index in [4.69, 9.17) is 0 Å². The third-order valence-corrected chi connectivity index (χ3v) is 4.49. The largest absolute Gasteiger partial charge is 0.339 e. The fraction of sp³-hybridized carbons (Fsp3) is 0.467. The Morgan fingerprint density at radius 1 is 1.20 bits per heavy atom. The van der Waals surface area contributed by atoms with Gasteiger partial charge >= 0.3 is 0 Å². The van der Waals surface area contributed by atoms with E-state index in [1.54, 1.807) is 0 Å². The highest BCUT2D eigenvalue weighted by molar-refractivity contribution is 5.78. The minimum Gasteiger partial charge on any atom is -0.339 e. The van der Waals surface area contributed by atoms with E-state index in [1.165, 1.54) is 19.4 Å². The topological polar surface area (TPSA) is 52.2 Å². The van der Waals surface area contributed by atoms with Crippen molar-refractivity contribution in [3.8, 4) is 0 Å². The molecule has 0 unspecified atom stereocenters. The lowest BCUT2D eigenvalue weighted by Gasteiger charge is -2.37. The zero-order chi connectivity index (χ0) is 13.5. The SMILES string of the molecule is O=c1[nH]c(N2CCN3CCC[C@@H]3C2)nc2ccccc12. The Morgan fingerprint density at radius 2 is 2.10 bits per heavy atom. The van der Waals surface area contributed by atoms with Crippen LogP contribution in [0.4, 0.5) is 5.95 Å². The number of benzene rings is 1. The Hall–Kier alpha value is -1.88.